The molecular formula is C21H17NO5. The predicted molar refractivity (Wildman–Crippen MR) is 96.3 cm³/mol. The SMILES string of the molecule is O=C(COC(=O)C1c2ccccc2Oc2ccccc21)NCc1ccco1. The second-order valence-corrected chi connectivity index (χ2v) is 6.07. The predicted octanol–water partition coefficient (Wildman–Crippen LogP) is 3.38. The molecule has 0 saturated carbocycles. The molecule has 0 aliphatic carbocycles. The molecule has 136 valence electrons. The molecule has 1 aromatic heterocycles. The van der Waals surface area contributed by atoms with Crippen LogP contribution in [-0.2, 0) is 20.9 Å². The first kappa shape index (κ1) is 16.9. The molecule has 0 bridgehead atoms. The summed E-state index contributed by atoms with van der Waals surface area (Å²) in [4.78, 5) is 24.7. The molecule has 0 saturated heterocycles. The molecule has 3 aromatic rings. The number of benzene rings is 2. The number of hydrogen-bond donors (Lipinski definition) is 1. The highest BCUT2D eigenvalue weighted by Gasteiger charge is 2.33. The number of furan rings is 1. The Morgan fingerprint density at radius 2 is 1.59 bits per heavy atom. The summed E-state index contributed by atoms with van der Waals surface area (Å²) in [6.45, 7) is -0.118. The topological polar surface area (TPSA) is 77.8 Å². The highest BCUT2D eigenvalue weighted by atomic mass is 16.5. The zero-order chi connectivity index (χ0) is 18.6. The van der Waals surface area contributed by atoms with Crippen LogP contribution in [0.2, 0.25) is 0 Å². The summed E-state index contributed by atoms with van der Waals surface area (Å²) in [5.74, 6) is 0.326. The van der Waals surface area contributed by atoms with Crippen LogP contribution >= 0.6 is 0 Å². The average Bonchev–Trinajstić information content (AvgIpc) is 3.22. The summed E-state index contributed by atoms with van der Waals surface area (Å²) in [6.07, 6.45) is 1.53. The number of esters is 1. The Hall–Kier alpha value is -3.54. The van der Waals surface area contributed by atoms with Gasteiger partial charge >= 0.3 is 5.97 Å². The molecule has 1 aliphatic rings. The van der Waals surface area contributed by atoms with Gasteiger partial charge in [-0.05, 0) is 24.3 Å². The number of fused-ring (bicyclic) bond motifs is 2. The van der Waals surface area contributed by atoms with E-state index in [4.69, 9.17) is 13.9 Å². The van der Waals surface area contributed by atoms with Crippen molar-refractivity contribution >= 4 is 11.9 Å². The maximum Gasteiger partial charge on any atom is 0.318 e. The molecule has 0 atom stereocenters. The van der Waals surface area contributed by atoms with Crippen molar-refractivity contribution in [2.45, 2.75) is 12.5 Å². The Kier molecular flexibility index (Phi) is 4.61. The Morgan fingerprint density at radius 1 is 0.926 bits per heavy atom. The van der Waals surface area contributed by atoms with Crippen LogP contribution in [0.25, 0.3) is 0 Å². The number of ether oxygens (including phenoxy) is 2. The van der Waals surface area contributed by atoms with E-state index in [2.05, 4.69) is 5.32 Å². The highest BCUT2D eigenvalue weighted by Crippen LogP contribution is 2.44. The number of amides is 1. The Balaban J connectivity index is 1.46. The maximum absolute atomic E-state index is 12.8. The van der Waals surface area contributed by atoms with Crippen LogP contribution < -0.4 is 10.1 Å². The second-order valence-electron chi connectivity index (χ2n) is 6.07. The minimum atomic E-state index is -0.635. The molecular weight excluding hydrogens is 346 g/mol. The average molecular weight is 363 g/mol. The lowest BCUT2D eigenvalue weighted by Crippen LogP contribution is -2.30. The van der Waals surface area contributed by atoms with Crippen LogP contribution in [0.1, 0.15) is 22.8 Å². The van der Waals surface area contributed by atoms with E-state index < -0.39 is 17.8 Å². The Labute approximate surface area is 155 Å². The van der Waals surface area contributed by atoms with Gasteiger partial charge in [-0.3, -0.25) is 9.59 Å². The third-order valence-electron chi connectivity index (χ3n) is 4.30. The van der Waals surface area contributed by atoms with Crippen LogP contribution in [0, 0.1) is 0 Å². The first-order chi connectivity index (χ1) is 13.2. The number of carbonyl (C=O) groups excluding carboxylic acids is 2. The van der Waals surface area contributed by atoms with Crippen LogP contribution in [-0.4, -0.2) is 18.5 Å². The molecule has 4 rings (SSSR count). The van der Waals surface area contributed by atoms with Crippen LogP contribution in [0.5, 0.6) is 11.5 Å². The molecule has 0 unspecified atom stereocenters. The van der Waals surface area contributed by atoms with Crippen LogP contribution in [0.15, 0.2) is 71.3 Å². The molecule has 2 aromatic carbocycles. The quantitative estimate of drug-likeness (QED) is 0.703. The minimum Gasteiger partial charge on any atom is -0.467 e. The number of hydrogen-bond acceptors (Lipinski definition) is 5. The van der Waals surface area contributed by atoms with E-state index in [1.165, 1.54) is 6.26 Å². The standard InChI is InChI=1S/C21H17NO5/c23-19(22-12-14-6-5-11-25-14)13-26-21(24)20-15-7-1-3-9-17(15)27-18-10-4-2-8-16(18)20/h1-11,20H,12-13H2,(H,22,23). The van der Waals surface area contributed by atoms with Crippen LogP contribution in [0.3, 0.4) is 0 Å². The van der Waals surface area contributed by atoms with Crippen LogP contribution in [0.4, 0.5) is 0 Å². The van der Waals surface area contributed by atoms with Gasteiger partial charge in [-0.25, -0.2) is 0 Å². The van der Waals surface area contributed by atoms with E-state index in [-0.39, 0.29) is 13.2 Å². The van der Waals surface area contributed by atoms with Crippen molar-refractivity contribution in [3.8, 4) is 11.5 Å². The van der Waals surface area contributed by atoms with E-state index in [0.717, 1.165) is 11.1 Å². The number of rotatable bonds is 5. The number of carbonyl (C=O) groups is 2. The Bertz CT molecular complexity index is 919. The summed E-state index contributed by atoms with van der Waals surface area (Å²) in [7, 11) is 0. The minimum absolute atomic E-state index is 0.242. The second kappa shape index (κ2) is 7.37. The molecule has 1 amide bonds. The summed E-state index contributed by atoms with van der Waals surface area (Å²) in [6, 6.07) is 18.1. The van der Waals surface area contributed by atoms with Crippen molar-refractivity contribution in [3.63, 3.8) is 0 Å². The van der Waals surface area contributed by atoms with Gasteiger partial charge in [-0.15, -0.1) is 0 Å². The number of nitrogens with one attached hydrogen (secondary N) is 1. The molecule has 0 spiro atoms. The van der Waals surface area contributed by atoms with Crippen molar-refractivity contribution in [2.24, 2.45) is 0 Å². The fourth-order valence-corrected chi connectivity index (χ4v) is 3.03. The van der Waals surface area contributed by atoms with Crippen molar-refractivity contribution in [2.75, 3.05) is 6.61 Å². The summed E-state index contributed by atoms with van der Waals surface area (Å²) < 4.78 is 16.3. The molecule has 6 nitrogen and oxygen atoms in total. The lowest BCUT2D eigenvalue weighted by molar-refractivity contribution is -0.149. The first-order valence-electron chi connectivity index (χ1n) is 8.54. The molecule has 0 radical (unpaired) electrons. The van der Waals surface area contributed by atoms with E-state index >= 15 is 0 Å². The van der Waals surface area contributed by atoms with E-state index in [1.807, 2.05) is 48.5 Å². The van der Waals surface area contributed by atoms with Crippen molar-refractivity contribution in [1.82, 2.24) is 5.32 Å². The van der Waals surface area contributed by atoms with Gasteiger partial charge in [0.15, 0.2) is 6.61 Å². The lowest BCUT2D eigenvalue weighted by atomic mass is 9.88. The molecule has 1 aliphatic heterocycles. The highest BCUT2D eigenvalue weighted by molar-refractivity contribution is 5.87. The molecule has 27 heavy (non-hydrogen) atoms. The first-order valence-corrected chi connectivity index (χ1v) is 8.54. The van der Waals surface area contributed by atoms with Gasteiger partial charge in [0, 0.05) is 11.1 Å². The zero-order valence-electron chi connectivity index (χ0n) is 14.4. The van der Waals surface area contributed by atoms with Gasteiger partial charge in [0.2, 0.25) is 0 Å². The van der Waals surface area contributed by atoms with Gasteiger partial charge in [0.25, 0.3) is 5.91 Å². The zero-order valence-corrected chi connectivity index (χ0v) is 14.4. The van der Waals surface area contributed by atoms with E-state index in [0.29, 0.717) is 17.3 Å². The monoisotopic (exact) mass is 363 g/mol. The van der Waals surface area contributed by atoms with Gasteiger partial charge in [0.05, 0.1) is 12.8 Å². The lowest BCUT2D eigenvalue weighted by Gasteiger charge is -2.26. The Morgan fingerprint density at radius 3 is 2.22 bits per heavy atom. The van der Waals surface area contributed by atoms with Gasteiger partial charge in [-0.2, -0.15) is 0 Å². The summed E-state index contributed by atoms with van der Waals surface area (Å²) >= 11 is 0. The van der Waals surface area contributed by atoms with E-state index in [1.54, 1.807) is 12.1 Å². The van der Waals surface area contributed by atoms with E-state index in [9.17, 15) is 9.59 Å². The third-order valence-corrected chi connectivity index (χ3v) is 4.30. The van der Waals surface area contributed by atoms with Gasteiger partial charge in [-0.1, -0.05) is 36.4 Å². The molecule has 2 heterocycles. The fourth-order valence-electron chi connectivity index (χ4n) is 3.03. The summed E-state index contributed by atoms with van der Waals surface area (Å²) in [5, 5.41) is 2.65. The van der Waals surface area contributed by atoms with Crippen molar-refractivity contribution in [1.29, 1.82) is 0 Å². The molecule has 1 N–H and O–H groups in total. The third kappa shape index (κ3) is 3.55. The normalized spacial score (nSPS) is 12.4. The fraction of sp³-hybridized carbons (Fsp3) is 0.143. The number of para-hydroxylation sites is 2. The van der Waals surface area contributed by atoms with Crippen molar-refractivity contribution in [3.05, 3.63) is 83.8 Å². The molecule has 0 fully saturated rings. The van der Waals surface area contributed by atoms with Gasteiger partial charge < -0.3 is 19.2 Å². The molecule has 6 heteroatoms. The summed E-state index contributed by atoms with van der Waals surface area (Å²) in [5.41, 5.74) is 1.44. The smallest absolute Gasteiger partial charge is 0.318 e. The van der Waals surface area contributed by atoms with Gasteiger partial charge in [0.1, 0.15) is 23.2 Å². The van der Waals surface area contributed by atoms with Crippen molar-refractivity contribution < 1.29 is 23.5 Å². The maximum atomic E-state index is 12.8. The largest absolute Gasteiger partial charge is 0.467 e.